The van der Waals surface area contributed by atoms with E-state index in [0.717, 1.165) is 23.1 Å². The summed E-state index contributed by atoms with van der Waals surface area (Å²) >= 11 is 12.2. The van der Waals surface area contributed by atoms with Crippen molar-refractivity contribution in [3.8, 4) is 17.2 Å². The third-order valence-corrected chi connectivity index (χ3v) is 5.39. The summed E-state index contributed by atoms with van der Waals surface area (Å²) in [6.45, 7) is 2.10. The molecule has 0 aliphatic rings. The van der Waals surface area contributed by atoms with E-state index in [-0.39, 0.29) is 5.91 Å². The van der Waals surface area contributed by atoms with Crippen LogP contribution in [0.4, 0.5) is 5.69 Å². The van der Waals surface area contributed by atoms with Crippen molar-refractivity contribution in [3.63, 3.8) is 0 Å². The van der Waals surface area contributed by atoms with Crippen LogP contribution in [0.15, 0.2) is 65.1 Å². The zero-order valence-corrected chi connectivity index (χ0v) is 19.0. The molecule has 4 rings (SSSR count). The fraction of sp³-hybridized carbons (Fsp3) is 0.120. The third kappa shape index (κ3) is 4.79. The van der Waals surface area contributed by atoms with Gasteiger partial charge < -0.3 is 14.5 Å². The Kier molecular flexibility index (Phi) is 6.49. The Morgan fingerprint density at radius 1 is 1.16 bits per heavy atom. The van der Waals surface area contributed by atoms with Gasteiger partial charge in [0.1, 0.15) is 11.3 Å². The summed E-state index contributed by atoms with van der Waals surface area (Å²) < 4.78 is 11.2. The van der Waals surface area contributed by atoms with Crippen molar-refractivity contribution in [3.05, 3.63) is 81.8 Å². The lowest BCUT2D eigenvalue weighted by Gasteiger charge is -2.08. The molecule has 0 aliphatic heterocycles. The lowest BCUT2D eigenvalue weighted by atomic mass is 10.1. The van der Waals surface area contributed by atoms with Gasteiger partial charge in [0.05, 0.1) is 12.1 Å². The normalized spacial score (nSPS) is 11.2. The van der Waals surface area contributed by atoms with Crippen molar-refractivity contribution in [2.24, 2.45) is 0 Å². The van der Waals surface area contributed by atoms with E-state index in [1.165, 1.54) is 18.7 Å². The standard InChI is InChI=1S/C25H20Cl2N2O3/c1-3-15-7-9-22-21(11-15)29-25(32-22)17-5-4-6-19(13-17)28-23(30)10-8-16-12-18(26)14-20(27)24(16)31-2/h4-14H,3H2,1-2H3,(H,28,30). The lowest BCUT2D eigenvalue weighted by Crippen LogP contribution is -2.07. The molecule has 0 radical (unpaired) electrons. The van der Waals surface area contributed by atoms with Crippen molar-refractivity contribution >= 4 is 52.0 Å². The molecule has 0 saturated heterocycles. The molecule has 0 bridgehead atoms. The second-order valence-corrected chi connectivity index (χ2v) is 7.93. The van der Waals surface area contributed by atoms with Gasteiger partial charge in [0.25, 0.3) is 0 Å². The monoisotopic (exact) mass is 466 g/mol. The largest absolute Gasteiger partial charge is 0.495 e. The van der Waals surface area contributed by atoms with Crippen molar-refractivity contribution < 1.29 is 13.9 Å². The van der Waals surface area contributed by atoms with Gasteiger partial charge in [-0.2, -0.15) is 0 Å². The summed E-state index contributed by atoms with van der Waals surface area (Å²) in [6, 6.07) is 16.6. The molecule has 0 saturated carbocycles. The predicted molar refractivity (Wildman–Crippen MR) is 130 cm³/mol. The second kappa shape index (κ2) is 9.47. The molecule has 0 spiro atoms. The van der Waals surface area contributed by atoms with Crippen LogP contribution in [0.1, 0.15) is 18.1 Å². The van der Waals surface area contributed by atoms with Gasteiger partial charge in [0, 0.05) is 27.9 Å². The predicted octanol–water partition coefficient (Wildman–Crippen LogP) is 7.02. The first-order chi connectivity index (χ1) is 15.5. The van der Waals surface area contributed by atoms with E-state index in [9.17, 15) is 4.79 Å². The van der Waals surface area contributed by atoms with Crippen LogP contribution in [-0.2, 0) is 11.2 Å². The van der Waals surface area contributed by atoms with Gasteiger partial charge in [-0.25, -0.2) is 4.98 Å². The Morgan fingerprint density at radius 2 is 2.00 bits per heavy atom. The number of carbonyl (C=O) groups is 1. The Bertz CT molecular complexity index is 1330. The maximum atomic E-state index is 12.5. The Balaban J connectivity index is 1.53. The molecule has 0 aliphatic carbocycles. The van der Waals surface area contributed by atoms with E-state index >= 15 is 0 Å². The van der Waals surface area contributed by atoms with Gasteiger partial charge in [-0.05, 0) is 60.5 Å². The van der Waals surface area contributed by atoms with E-state index in [2.05, 4.69) is 17.2 Å². The average molecular weight is 467 g/mol. The molecule has 0 atom stereocenters. The van der Waals surface area contributed by atoms with Crippen LogP contribution < -0.4 is 10.1 Å². The number of anilines is 1. The number of nitrogens with one attached hydrogen (secondary N) is 1. The van der Waals surface area contributed by atoms with Gasteiger partial charge in [-0.3, -0.25) is 4.79 Å². The minimum Gasteiger partial charge on any atom is -0.495 e. The number of hydrogen-bond acceptors (Lipinski definition) is 4. The number of ether oxygens (including phenoxy) is 1. The van der Waals surface area contributed by atoms with Crippen LogP contribution in [0.3, 0.4) is 0 Å². The van der Waals surface area contributed by atoms with E-state index < -0.39 is 0 Å². The number of benzene rings is 3. The topological polar surface area (TPSA) is 64.4 Å². The smallest absolute Gasteiger partial charge is 0.248 e. The number of hydrogen-bond donors (Lipinski definition) is 1. The maximum Gasteiger partial charge on any atom is 0.248 e. The van der Waals surface area contributed by atoms with Crippen LogP contribution in [0.2, 0.25) is 10.0 Å². The third-order valence-electron chi connectivity index (χ3n) is 4.89. The van der Waals surface area contributed by atoms with Gasteiger partial charge in [0.2, 0.25) is 11.8 Å². The molecule has 32 heavy (non-hydrogen) atoms. The van der Waals surface area contributed by atoms with Gasteiger partial charge in [0.15, 0.2) is 5.58 Å². The molecule has 5 nitrogen and oxygen atoms in total. The molecule has 3 aromatic carbocycles. The van der Waals surface area contributed by atoms with Crippen LogP contribution in [0.25, 0.3) is 28.6 Å². The van der Waals surface area contributed by atoms with E-state index in [4.69, 9.17) is 32.4 Å². The Labute approximate surface area is 195 Å². The summed E-state index contributed by atoms with van der Waals surface area (Å²) in [5.41, 5.74) is 4.72. The van der Waals surface area contributed by atoms with Gasteiger partial charge >= 0.3 is 0 Å². The van der Waals surface area contributed by atoms with Crippen LogP contribution in [0, 0.1) is 0 Å². The van der Waals surface area contributed by atoms with Gasteiger partial charge in [-0.1, -0.05) is 42.3 Å². The van der Waals surface area contributed by atoms with Gasteiger partial charge in [-0.15, -0.1) is 0 Å². The molecule has 1 aromatic heterocycles. The molecule has 162 valence electrons. The highest BCUT2D eigenvalue weighted by molar-refractivity contribution is 6.36. The highest BCUT2D eigenvalue weighted by Crippen LogP contribution is 2.33. The van der Waals surface area contributed by atoms with Crippen molar-refractivity contribution in [1.29, 1.82) is 0 Å². The molecule has 0 unspecified atom stereocenters. The number of amides is 1. The summed E-state index contributed by atoms with van der Waals surface area (Å²) in [6.07, 6.45) is 3.92. The highest BCUT2D eigenvalue weighted by Gasteiger charge is 2.11. The first-order valence-electron chi connectivity index (χ1n) is 9.99. The van der Waals surface area contributed by atoms with Crippen molar-refractivity contribution in [1.82, 2.24) is 4.98 Å². The second-order valence-electron chi connectivity index (χ2n) is 7.09. The average Bonchev–Trinajstić information content (AvgIpc) is 3.21. The molecular formula is C25H20Cl2N2O3. The van der Waals surface area contributed by atoms with E-state index in [0.29, 0.717) is 32.9 Å². The van der Waals surface area contributed by atoms with E-state index in [1.807, 2.05) is 36.4 Å². The Hall–Kier alpha value is -3.28. The van der Waals surface area contributed by atoms with E-state index in [1.54, 1.807) is 24.3 Å². The molecular weight excluding hydrogens is 447 g/mol. The number of aryl methyl sites for hydroxylation is 1. The number of aromatic nitrogens is 1. The molecule has 1 heterocycles. The number of nitrogens with zero attached hydrogens (tertiary/aromatic N) is 1. The number of rotatable bonds is 6. The molecule has 1 N–H and O–H groups in total. The molecule has 4 aromatic rings. The van der Waals surface area contributed by atoms with Crippen molar-refractivity contribution in [2.45, 2.75) is 13.3 Å². The minimum atomic E-state index is -0.314. The number of halogens is 2. The summed E-state index contributed by atoms with van der Waals surface area (Å²) in [7, 11) is 1.51. The van der Waals surface area contributed by atoms with Crippen LogP contribution in [0.5, 0.6) is 5.75 Å². The van der Waals surface area contributed by atoms with Crippen LogP contribution >= 0.6 is 23.2 Å². The summed E-state index contributed by atoms with van der Waals surface area (Å²) in [5.74, 6) is 0.632. The van der Waals surface area contributed by atoms with Crippen LogP contribution in [-0.4, -0.2) is 18.0 Å². The lowest BCUT2D eigenvalue weighted by molar-refractivity contribution is -0.111. The SMILES string of the molecule is CCc1ccc2oc(-c3cccc(NC(=O)C=Cc4cc(Cl)cc(Cl)c4OC)c3)nc2c1. The first-order valence-corrected chi connectivity index (χ1v) is 10.7. The minimum absolute atomic E-state index is 0.314. The molecule has 1 amide bonds. The zero-order valence-electron chi connectivity index (χ0n) is 17.5. The zero-order chi connectivity index (χ0) is 22.7. The molecule has 7 heteroatoms. The fourth-order valence-corrected chi connectivity index (χ4v) is 3.90. The maximum absolute atomic E-state index is 12.5. The number of oxazole rings is 1. The Morgan fingerprint density at radius 3 is 2.78 bits per heavy atom. The van der Waals surface area contributed by atoms with Crippen molar-refractivity contribution in [2.75, 3.05) is 12.4 Å². The fourth-order valence-electron chi connectivity index (χ4n) is 3.32. The summed E-state index contributed by atoms with van der Waals surface area (Å²) in [5, 5.41) is 3.66. The first kappa shape index (κ1) is 21.9. The summed E-state index contributed by atoms with van der Waals surface area (Å²) in [4.78, 5) is 17.1. The number of methoxy groups -OCH3 is 1. The highest BCUT2D eigenvalue weighted by atomic mass is 35.5. The number of carbonyl (C=O) groups excluding carboxylic acids is 1. The molecule has 0 fully saturated rings. The number of fused-ring (bicyclic) bond motifs is 1. The quantitative estimate of drug-likeness (QED) is 0.310.